The Labute approximate surface area is 105 Å². The summed E-state index contributed by atoms with van der Waals surface area (Å²) in [5.74, 6) is 0.984. The minimum atomic E-state index is 0.635. The van der Waals surface area contributed by atoms with Crippen molar-refractivity contribution in [2.24, 2.45) is 11.7 Å². The molecule has 0 bridgehead atoms. The van der Waals surface area contributed by atoms with Gasteiger partial charge in [-0.3, -0.25) is 0 Å². The molecule has 94 valence electrons. The summed E-state index contributed by atoms with van der Waals surface area (Å²) in [6.45, 7) is 2.76. The Balaban J connectivity index is 1.66. The van der Waals surface area contributed by atoms with Gasteiger partial charge in [0, 0.05) is 13.1 Å². The number of benzene rings is 1. The standard InChI is InChI=1S/C15H24N2/c16-11-14-6-3-7-15(10-14)12-17-9-8-13-4-1-2-5-13/h3,6-7,10,13,17H,1-2,4-5,8-9,11-12,16H2. The molecule has 1 saturated carbocycles. The first kappa shape index (κ1) is 12.6. The zero-order valence-corrected chi connectivity index (χ0v) is 10.6. The second-order valence-corrected chi connectivity index (χ2v) is 5.14. The molecule has 1 aliphatic rings. The molecule has 0 spiro atoms. The van der Waals surface area contributed by atoms with E-state index in [9.17, 15) is 0 Å². The largest absolute Gasteiger partial charge is 0.326 e. The second-order valence-electron chi connectivity index (χ2n) is 5.14. The van der Waals surface area contributed by atoms with Crippen molar-refractivity contribution in [3.05, 3.63) is 35.4 Å². The van der Waals surface area contributed by atoms with Crippen molar-refractivity contribution in [3.8, 4) is 0 Å². The maximum Gasteiger partial charge on any atom is 0.0205 e. The van der Waals surface area contributed by atoms with E-state index in [1.54, 1.807) is 0 Å². The number of nitrogens with one attached hydrogen (secondary N) is 1. The lowest BCUT2D eigenvalue weighted by atomic mass is 10.0. The van der Waals surface area contributed by atoms with E-state index in [0.717, 1.165) is 19.0 Å². The maximum atomic E-state index is 5.64. The van der Waals surface area contributed by atoms with Gasteiger partial charge in [0.1, 0.15) is 0 Å². The molecule has 0 aromatic heterocycles. The minimum absolute atomic E-state index is 0.635. The zero-order valence-electron chi connectivity index (χ0n) is 10.6. The molecule has 0 aliphatic heterocycles. The number of hydrogen-bond donors (Lipinski definition) is 2. The zero-order chi connectivity index (χ0) is 11.9. The van der Waals surface area contributed by atoms with Crippen LogP contribution in [0.5, 0.6) is 0 Å². The van der Waals surface area contributed by atoms with Crippen molar-refractivity contribution in [2.45, 2.75) is 45.2 Å². The molecule has 17 heavy (non-hydrogen) atoms. The summed E-state index contributed by atoms with van der Waals surface area (Å²) in [5, 5.41) is 3.54. The van der Waals surface area contributed by atoms with Crippen LogP contribution in [0.15, 0.2) is 24.3 Å². The van der Waals surface area contributed by atoms with Gasteiger partial charge in [-0.05, 0) is 30.0 Å². The molecule has 0 atom stereocenters. The van der Waals surface area contributed by atoms with Gasteiger partial charge in [-0.2, -0.15) is 0 Å². The highest BCUT2D eigenvalue weighted by Gasteiger charge is 2.13. The van der Waals surface area contributed by atoms with Crippen LogP contribution in [0.25, 0.3) is 0 Å². The summed E-state index contributed by atoms with van der Waals surface area (Å²) in [6, 6.07) is 8.54. The normalized spacial score (nSPS) is 16.5. The molecule has 2 nitrogen and oxygen atoms in total. The van der Waals surface area contributed by atoms with Gasteiger partial charge in [-0.1, -0.05) is 49.9 Å². The average Bonchev–Trinajstić information content (AvgIpc) is 2.88. The Morgan fingerprint density at radius 3 is 2.71 bits per heavy atom. The monoisotopic (exact) mass is 232 g/mol. The Bertz CT molecular complexity index is 329. The van der Waals surface area contributed by atoms with Crippen molar-refractivity contribution in [2.75, 3.05) is 6.54 Å². The Hall–Kier alpha value is -0.860. The molecule has 0 heterocycles. The molecule has 1 aromatic rings. The predicted octanol–water partition coefficient (Wildman–Crippen LogP) is 2.82. The van der Waals surface area contributed by atoms with E-state index in [4.69, 9.17) is 5.73 Å². The summed E-state index contributed by atoms with van der Waals surface area (Å²) in [4.78, 5) is 0. The summed E-state index contributed by atoms with van der Waals surface area (Å²) < 4.78 is 0. The van der Waals surface area contributed by atoms with Crippen LogP contribution in [-0.2, 0) is 13.1 Å². The van der Waals surface area contributed by atoms with E-state index in [2.05, 4.69) is 29.6 Å². The molecule has 1 aliphatic carbocycles. The predicted molar refractivity (Wildman–Crippen MR) is 72.6 cm³/mol. The van der Waals surface area contributed by atoms with Gasteiger partial charge in [0.05, 0.1) is 0 Å². The van der Waals surface area contributed by atoms with E-state index in [-0.39, 0.29) is 0 Å². The smallest absolute Gasteiger partial charge is 0.0205 e. The first-order valence-corrected chi connectivity index (χ1v) is 6.87. The highest BCUT2D eigenvalue weighted by molar-refractivity contribution is 5.23. The highest BCUT2D eigenvalue weighted by atomic mass is 14.8. The van der Waals surface area contributed by atoms with E-state index < -0.39 is 0 Å². The number of hydrogen-bond acceptors (Lipinski definition) is 2. The Morgan fingerprint density at radius 1 is 1.18 bits per heavy atom. The Morgan fingerprint density at radius 2 is 1.94 bits per heavy atom. The molecular weight excluding hydrogens is 208 g/mol. The van der Waals surface area contributed by atoms with E-state index in [1.807, 2.05) is 0 Å². The van der Waals surface area contributed by atoms with E-state index in [1.165, 1.54) is 43.2 Å². The van der Waals surface area contributed by atoms with Crippen molar-refractivity contribution in [3.63, 3.8) is 0 Å². The van der Waals surface area contributed by atoms with Gasteiger partial charge in [0.2, 0.25) is 0 Å². The minimum Gasteiger partial charge on any atom is -0.326 e. The Kier molecular flexibility index (Phi) is 5.02. The van der Waals surface area contributed by atoms with Gasteiger partial charge in [0.25, 0.3) is 0 Å². The van der Waals surface area contributed by atoms with Crippen LogP contribution in [0.1, 0.15) is 43.2 Å². The molecule has 0 amide bonds. The van der Waals surface area contributed by atoms with Crippen LogP contribution in [0.3, 0.4) is 0 Å². The van der Waals surface area contributed by atoms with Gasteiger partial charge in [0.15, 0.2) is 0 Å². The second kappa shape index (κ2) is 6.77. The van der Waals surface area contributed by atoms with Gasteiger partial charge in [-0.25, -0.2) is 0 Å². The lowest BCUT2D eigenvalue weighted by Gasteiger charge is -2.10. The van der Waals surface area contributed by atoms with Crippen molar-refractivity contribution >= 4 is 0 Å². The summed E-state index contributed by atoms with van der Waals surface area (Å²) in [7, 11) is 0. The molecule has 3 N–H and O–H groups in total. The first-order chi connectivity index (χ1) is 8.38. The topological polar surface area (TPSA) is 38.0 Å². The van der Waals surface area contributed by atoms with Gasteiger partial charge >= 0.3 is 0 Å². The maximum absolute atomic E-state index is 5.64. The molecule has 0 unspecified atom stereocenters. The highest BCUT2D eigenvalue weighted by Crippen LogP contribution is 2.26. The third kappa shape index (κ3) is 4.14. The third-order valence-corrected chi connectivity index (χ3v) is 3.76. The van der Waals surface area contributed by atoms with Crippen LogP contribution in [0, 0.1) is 5.92 Å². The van der Waals surface area contributed by atoms with Crippen molar-refractivity contribution in [1.29, 1.82) is 0 Å². The van der Waals surface area contributed by atoms with Crippen LogP contribution < -0.4 is 11.1 Å². The fourth-order valence-electron chi connectivity index (χ4n) is 2.70. The van der Waals surface area contributed by atoms with Gasteiger partial charge < -0.3 is 11.1 Å². The first-order valence-electron chi connectivity index (χ1n) is 6.87. The molecule has 1 fully saturated rings. The number of nitrogens with two attached hydrogens (primary N) is 1. The molecule has 0 radical (unpaired) electrons. The molecule has 0 saturated heterocycles. The average molecular weight is 232 g/mol. The fraction of sp³-hybridized carbons (Fsp3) is 0.600. The SMILES string of the molecule is NCc1cccc(CNCCC2CCCC2)c1. The molecule has 2 rings (SSSR count). The van der Waals surface area contributed by atoms with E-state index in [0.29, 0.717) is 6.54 Å². The fourth-order valence-corrected chi connectivity index (χ4v) is 2.70. The van der Waals surface area contributed by atoms with Crippen LogP contribution in [0.2, 0.25) is 0 Å². The summed E-state index contributed by atoms with van der Waals surface area (Å²) in [5.41, 5.74) is 8.20. The molecule has 2 heteroatoms. The van der Waals surface area contributed by atoms with Crippen LogP contribution >= 0.6 is 0 Å². The van der Waals surface area contributed by atoms with Crippen LogP contribution in [0.4, 0.5) is 0 Å². The van der Waals surface area contributed by atoms with Crippen LogP contribution in [-0.4, -0.2) is 6.54 Å². The summed E-state index contributed by atoms with van der Waals surface area (Å²) in [6.07, 6.45) is 7.14. The van der Waals surface area contributed by atoms with Gasteiger partial charge in [-0.15, -0.1) is 0 Å². The number of rotatable bonds is 6. The molecular formula is C15H24N2. The summed E-state index contributed by atoms with van der Waals surface area (Å²) >= 11 is 0. The van der Waals surface area contributed by atoms with Crippen molar-refractivity contribution in [1.82, 2.24) is 5.32 Å². The van der Waals surface area contributed by atoms with Crippen molar-refractivity contribution < 1.29 is 0 Å². The van der Waals surface area contributed by atoms with E-state index >= 15 is 0 Å². The lowest BCUT2D eigenvalue weighted by molar-refractivity contribution is 0.477. The molecule has 1 aromatic carbocycles. The lowest BCUT2D eigenvalue weighted by Crippen LogP contribution is -2.17. The third-order valence-electron chi connectivity index (χ3n) is 3.76. The quantitative estimate of drug-likeness (QED) is 0.740.